The number of H-pyrrole nitrogens is 1. The standard InChI is InChI=1S/C20H25N7O/c1-13-12-21-15(3)19(22-13)26-8-10-27(11-9-26)20(28)23-14(2)18-24-16-6-4-5-7-17(16)25-18/h4-7,12,14H,8-11H2,1-3H3,(H,23,28)(H,24,25)/t14-/m0/s1. The number of nitrogens with one attached hydrogen (secondary N) is 2. The van der Waals surface area contributed by atoms with Gasteiger partial charge in [0.25, 0.3) is 0 Å². The predicted molar refractivity (Wildman–Crippen MR) is 108 cm³/mol. The van der Waals surface area contributed by atoms with Crippen LogP contribution in [-0.4, -0.2) is 57.0 Å². The fourth-order valence-electron chi connectivity index (χ4n) is 3.47. The highest BCUT2D eigenvalue weighted by Gasteiger charge is 2.24. The molecule has 1 fully saturated rings. The summed E-state index contributed by atoms with van der Waals surface area (Å²) < 4.78 is 0. The Bertz CT molecular complexity index is 958. The van der Waals surface area contributed by atoms with Crippen LogP contribution in [0.15, 0.2) is 30.5 Å². The molecule has 3 heterocycles. The van der Waals surface area contributed by atoms with Crippen LogP contribution in [0.2, 0.25) is 0 Å². The van der Waals surface area contributed by atoms with E-state index < -0.39 is 0 Å². The molecule has 8 heteroatoms. The number of hydrogen-bond donors (Lipinski definition) is 2. The number of urea groups is 1. The van der Waals surface area contributed by atoms with Crippen LogP contribution in [0, 0.1) is 13.8 Å². The van der Waals surface area contributed by atoms with Gasteiger partial charge < -0.3 is 20.1 Å². The molecule has 3 aromatic rings. The smallest absolute Gasteiger partial charge is 0.318 e. The molecule has 146 valence electrons. The number of piperazine rings is 1. The molecule has 0 unspecified atom stereocenters. The van der Waals surface area contributed by atoms with E-state index >= 15 is 0 Å². The van der Waals surface area contributed by atoms with Crippen molar-refractivity contribution >= 4 is 22.9 Å². The van der Waals surface area contributed by atoms with Crippen molar-refractivity contribution in [3.8, 4) is 0 Å². The largest absolute Gasteiger partial charge is 0.352 e. The van der Waals surface area contributed by atoms with Gasteiger partial charge in [0.1, 0.15) is 11.6 Å². The molecule has 1 atom stereocenters. The lowest BCUT2D eigenvalue weighted by molar-refractivity contribution is 0.190. The molecule has 28 heavy (non-hydrogen) atoms. The number of hydrogen-bond acceptors (Lipinski definition) is 5. The van der Waals surface area contributed by atoms with Crippen LogP contribution in [-0.2, 0) is 0 Å². The number of aryl methyl sites for hydroxylation is 2. The Kier molecular flexibility index (Phi) is 4.85. The van der Waals surface area contributed by atoms with Gasteiger partial charge in [0.05, 0.1) is 28.5 Å². The van der Waals surface area contributed by atoms with E-state index in [1.54, 1.807) is 6.20 Å². The first-order valence-electron chi connectivity index (χ1n) is 9.56. The van der Waals surface area contributed by atoms with E-state index in [0.29, 0.717) is 13.1 Å². The number of benzene rings is 1. The number of rotatable bonds is 3. The van der Waals surface area contributed by atoms with E-state index in [1.165, 1.54) is 0 Å². The van der Waals surface area contributed by atoms with Crippen LogP contribution in [0.25, 0.3) is 11.0 Å². The number of fused-ring (bicyclic) bond motifs is 1. The van der Waals surface area contributed by atoms with Gasteiger partial charge in [0.15, 0.2) is 0 Å². The number of aromatic amines is 1. The number of amides is 2. The molecule has 2 amide bonds. The Morgan fingerprint density at radius 1 is 1.14 bits per heavy atom. The summed E-state index contributed by atoms with van der Waals surface area (Å²) in [6.07, 6.45) is 1.78. The summed E-state index contributed by atoms with van der Waals surface area (Å²) in [4.78, 5) is 33.6. The molecule has 1 saturated heterocycles. The van der Waals surface area contributed by atoms with Crippen molar-refractivity contribution in [2.75, 3.05) is 31.1 Å². The zero-order chi connectivity index (χ0) is 19.7. The van der Waals surface area contributed by atoms with Crippen LogP contribution in [0.3, 0.4) is 0 Å². The Hall–Kier alpha value is -3.16. The van der Waals surface area contributed by atoms with Gasteiger partial charge in [-0.15, -0.1) is 0 Å². The third kappa shape index (κ3) is 3.62. The summed E-state index contributed by atoms with van der Waals surface area (Å²) in [6.45, 7) is 8.63. The Morgan fingerprint density at radius 2 is 1.89 bits per heavy atom. The van der Waals surface area contributed by atoms with Crippen molar-refractivity contribution in [2.24, 2.45) is 0 Å². The minimum Gasteiger partial charge on any atom is -0.352 e. The van der Waals surface area contributed by atoms with Crippen molar-refractivity contribution in [2.45, 2.75) is 26.8 Å². The van der Waals surface area contributed by atoms with E-state index in [9.17, 15) is 4.79 Å². The fraction of sp³-hybridized carbons (Fsp3) is 0.400. The lowest BCUT2D eigenvalue weighted by Crippen LogP contribution is -2.52. The minimum atomic E-state index is -0.192. The van der Waals surface area contributed by atoms with Crippen molar-refractivity contribution < 1.29 is 4.79 Å². The highest BCUT2D eigenvalue weighted by molar-refractivity contribution is 5.76. The number of carbonyl (C=O) groups is 1. The molecule has 2 aromatic heterocycles. The average Bonchev–Trinajstić information content (AvgIpc) is 3.14. The predicted octanol–water partition coefficient (Wildman–Crippen LogP) is 2.56. The first kappa shape index (κ1) is 18.2. The number of anilines is 1. The molecular formula is C20H25N7O. The molecule has 8 nitrogen and oxygen atoms in total. The Morgan fingerprint density at radius 3 is 2.64 bits per heavy atom. The molecule has 0 aliphatic carbocycles. The first-order valence-corrected chi connectivity index (χ1v) is 9.56. The van der Waals surface area contributed by atoms with Crippen LogP contribution in [0.1, 0.15) is 30.2 Å². The second-order valence-corrected chi connectivity index (χ2v) is 7.20. The van der Waals surface area contributed by atoms with Crippen LogP contribution in [0.4, 0.5) is 10.6 Å². The zero-order valence-electron chi connectivity index (χ0n) is 16.4. The maximum Gasteiger partial charge on any atom is 0.318 e. The second-order valence-electron chi connectivity index (χ2n) is 7.20. The Balaban J connectivity index is 1.36. The summed E-state index contributed by atoms with van der Waals surface area (Å²) in [5, 5.41) is 3.05. The second kappa shape index (κ2) is 7.46. The average molecular weight is 379 g/mol. The first-order chi connectivity index (χ1) is 13.5. The molecular weight excluding hydrogens is 354 g/mol. The van der Waals surface area contributed by atoms with E-state index in [1.807, 2.05) is 49.9 Å². The normalized spacial score (nSPS) is 15.7. The number of aromatic nitrogens is 4. The van der Waals surface area contributed by atoms with Crippen molar-refractivity contribution in [3.05, 3.63) is 47.7 Å². The van der Waals surface area contributed by atoms with E-state index in [0.717, 1.165) is 47.2 Å². The van der Waals surface area contributed by atoms with E-state index in [4.69, 9.17) is 0 Å². The van der Waals surface area contributed by atoms with E-state index in [-0.39, 0.29) is 12.1 Å². The molecule has 0 spiro atoms. The van der Waals surface area contributed by atoms with E-state index in [2.05, 4.69) is 30.2 Å². The molecule has 1 aromatic carbocycles. The van der Waals surface area contributed by atoms with Crippen LogP contribution >= 0.6 is 0 Å². The number of nitrogens with zero attached hydrogens (tertiary/aromatic N) is 5. The number of para-hydroxylation sites is 2. The van der Waals surface area contributed by atoms with Crippen molar-refractivity contribution in [1.82, 2.24) is 30.2 Å². The summed E-state index contributed by atoms with van der Waals surface area (Å²) in [5.41, 5.74) is 3.70. The number of imidazole rings is 1. The minimum absolute atomic E-state index is 0.0698. The summed E-state index contributed by atoms with van der Waals surface area (Å²) in [6, 6.07) is 7.60. The highest BCUT2D eigenvalue weighted by atomic mass is 16.2. The van der Waals surface area contributed by atoms with Crippen molar-refractivity contribution in [3.63, 3.8) is 0 Å². The Labute approximate surface area is 164 Å². The SMILES string of the molecule is Cc1cnc(C)c(N2CCN(C(=O)N[C@@H](C)c3nc4ccccc4[nH]3)CC2)n1. The molecule has 0 saturated carbocycles. The number of carbonyl (C=O) groups excluding carboxylic acids is 1. The van der Waals surface area contributed by atoms with Gasteiger partial charge in [-0.05, 0) is 32.9 Å². The quantitative estimate of drug-likeness (QED) is 0.730. The van der Waals surface area contributed by atoms with Crippen molar-refractivity contribution in [1.29, 1.82) is 0 Å². The highest BCUT2D eigenvalue weighted by Crippen LogP contribution is 2.19. The lowest BCUT2D eigenvalue weighted by atomic mass is 10.3. The molecule has 1 aliphatic heterocycles. The summed E-state index contributed by atoms with van der Waals surface area (Å²) in [5.74, 6) is 1.68. The van der Waals surface area contributed by atoms with Crippen LogP contribution < -0.4 is 10.2 Å². The van der Waals surface area contributed by atoms with Gasteiger partial charge in [-0.2, -0.15) is 0 Å². The summed E-state index contributed by atoms with van der Waals surface area (Å²) in [7, 11) is 0. The zero-order valence-corrected chi connectivity index (χ0v) is 16.4. The maximum absolute atomic E-state index is 12.7. The third-order valence-electron chi connectivity index (χ3n) is 5.08. The molecule has 0 radical (unpaired) electrons. The monoisotopic (exact) mass is 379 g/mol. The van der Waals surface area contributed by atoms with Gasteiger partial charge in [-0.25, -0.2) is 14.8 Å². The topological polar surface area (TPSA) is 90.0 Å². The van der Waals surface area contributed by atoms with Crippen LogP contribution in [0.5, 0.6) is 0 Å². The maximum atomic E-state index is 12.7. The van der Waals surface area contributed by atoms with Gasteiger partial charge in [0, 0.05) is 32.4 Å². The van der Waals surface area contributed by atoms with Gasteiger partial charge in [-0.1, -0.05) is 12.1 Å². The molecule has 0 bridgehead atoms. The molecule has 1 aliphatic rings. The third-order valence-corrected chi connectivity index (χ3v) is 5.08. The molecule has 4 rings (SSSR count). The summed E-state index contributed by atoms with van der Waals surface area (Å²) >= 11 is 0. The molecule has 2 N–H and O–H groups in total. The van der Waals surface area contributed by atoms with Gasteiger partial charge >= 0.3 is 6.03 Å². The van der Waals surface area contributed by atoms with Gasteiger partial charge in [0.2, 0.25) is 0 Å². The fourth-order valence-corrected chi connectivity index (χ4v) is 3.47. The van der Waals surface area contributed by atoms with Gasteiger partial charge in [-0.3, -0.25) is 4.98 Å². The lowest BCUT2D eigenvalue weighted by Gasteiger charge is -2.36.